The van der Waals surface area contributed by atoms with Crippen LogP contribution in [0.25, 0.3) is 0 Å². The molecule has 6 heteroatoms. The molecule has 0 radical (unpaired) electrons. The highest BCUT2D eigenvalue weighted by Crippen LogP contribution is 2.29. The number of piperazine rings is 1. The predicted octanol–water partition coefficient (Wildman–Crippen LogP) is 0.169. The van der Waals surface area contributed by atoms with Crippen LogP contribution >= 0.6 is 0 Å². The average Bonchev–Trinajstić information content (AvgIpc) is 2.38. The molecule has 1 aromatic rings. The Morgan fingerprint density at radius 3 is 2.72 bits per heavy atom. The Hall–Kier alpha value is -1.56. The van der Waals surface area contributed by atoms with E-state index in [-0.39, 0.29) is 0 Å². The Kier molecular flexibility index (Phi) is 2.95. The molecule has 0 saturated carbocycles. The molecule has 98 valence electrons. The van der Waals surface area contributed by atoms with Crippen LogP contribution in [-0.2, 0) is 6.42 Å². The molecule has 18 heavy (non-hydrogen) atoms. The quantitative estimate of drug-likeness (QED) is 0.738. The molecule has 1 aromatic heterocycles. The van der Waals surface area contributed by atoms with Gasteiger partial charge < -0.3 is 20.9 Å². The lowest BCUT2D eigenvalue weighted by Gasteiger charge is -2.35. The standard InChI is InChI=1S/C12H20N6/c1-17-5-7-18(8-6-17)11-9-3-2-4-14-10(9)15-12(13)16-11/h2-8H2,1H3,(H3,13,14,15,16). The predicted molar refractivity (Wildman–Crippen MR) is 73.0 cm³/mol. The Labute approximate surface area is 107 Å². The van der Waals surface area contributed by atoms with Crippen LogP contribution in [0.1, 0.15) is 12.0 Å². The Morgan fingerprint density at radius 2 is 1.94 bits per heavy atom. The number of anilines is 3. The molecule has 0 unspecified atom stereocenters. The van der Waals surface area contributed by atoms with Crippen molar-refractivity contribution in [2.75, 3.05) is 55.7 Å². The van der Waals surface area contributed by atoms with Gasteiger partial charge in [-0.3, -0.25) is 0 Å². The average molecular weight is 248 g/mol. The molecule has 1 saturated heterocycles. The normalized spacial score (nSPS) is 20.4. The van der Waals surface area contributed by atoms with Gasteiger partial charge >= 0.3 is 0 Å². The molecule has 0 atom stereocenters. The highest BCUT2D eigenvalue weighted by Gasteiger charge is 2.23. The van der Waals surface area contributed by atoms with Gasteiger partial charge in [-0.25, -0.2) is 0 Å². The van der Waals surface area contributed by atoms with Gasteiger partial charge in [0, 0.05) is 38.3 Å². The lowest BCUT2D eigenvalue weighted by atomic mass is 10.1. The number of rotatable bonds is 1. The van der Waals surface area contributed by atoms with E-state index in [1.165, 1.54) is 5.56 Å². The molecule has 1 fully saturated rings. The topological polar surface area (TPSA) is 70.3 Å². The molecule has 0 aromatic carbocycles. The lowest BCUT2D eigenvalue weighted by molar-refractivity contribution is 0.312. The molecule has 0 spiro atoms. The summed E-state index contributed by atoms with van der Waals surface area (Å²) < 4.78 is 0. The lowest BCUT2D eigenvalue weighted by Crippen LogP contribution is -2.45. The third kappa shape index (κ3) is 2.08. The van der Waals surface area contributed by atoms with Crippen molar-refractivity contribution >= 4 is 17.6 Å². The van der Waals surface area contributed by atoms with Crippen molar-refractivity contribution in [3.63, 3.8) is 0 Å². The summed E-state index contributed by atoms with van der Waals surface area (Å²) >= 11 is 0. The van der Waals surface area contributed by atoms with Crippen LogP contribution in [-0.4, -0.2) is 54.6 Å². The molecule has 0 amide bonds. The molecule has 2 aliphatic heterocycles. The second kappa shape index (κ2) is 4.61. The van der Waals surface area contributed by atoms with E-state index in [0.29, 0.717) is 5.95 Å². The van der Waals surface area contributed by atoms with E-state index >= 15 is 0 Å². The summed E-state index contributed by atoms with van der Waals surface area (Å²) in [5.41, 5.74) is 7.05. The first-order chi connectivity index (χ1) is 8.74. The number of hydrogen-bond donors (Lipinski definition) is 2. The van der Waals surface area contributed by atoms with Gasteiger partial charge in [0.15, 0.2) is 0 Å². The minimum absolute atomic E-state index is 0.372. The Balaban J connectivity index is 1.93. The molecule has 2 aliphatic rings. The van der Waals surface area contributed by atoms with E-state index in [0.717, 1.165) is 57.2 Å². The number of hydrogen-bond acceptors (Lipinski definition) is 6. The van der Waals surface area contributed by atoms with Crippen molar-refractivity contribution in [2.45, 2.75) is 12.8 Å². The van der Waals surface area contributed by atoms with Crippen LogP contribution in [0, 0.1) is 0 Å². The molecule has 6 nitrogen and oxygen atoms in total. The summed E-state index contributed by atoms with van der Waals surface area (Å²) in [6.07, 6.45) is 2.19. The van der Waals surface area contributed by atoms with Crippen LogP contribution in [0.4, 0.5) is 17.6 Å². The maximum absolute atomic E-state index is 5.82. The van der Waals surface area contributed by atoms with Gasteiger partial charge in [0.05, 0.1) is 0 Å². The van der Waals surface area contributed by atoms with Gasteiger partial charge in [0.25, 0.3) is 0 Å². The summed E-state index contributed by atoms with van der Waals surface area (Å²) in [7, 11) is 2.16. The van der Waals surface area contributed by atoms with E-state index < -0.39 is 0 Å². The highest BCUT2D eigenvalue weighted by molar-refractivity contribution is 5.63. The van der Waals surface area contributed by atoms with Crippen molar-refractivity contribution in [3.05, 3.63) is 5.56 Å². The number of likely N-dealkylation sites (N-methyl/N-ethyl adjacent to an activating group) is 1. The smallest absolute Gasteiger partial charge is 0.223 e. The van der Waals surface area contributed by atoms with E-state index in [9.17, 15) is 0 Å². The third-order valence-electron chi connectivity index (χ3n) is 3.70. The van der Waals surface area contributed by atoms with Crippen LogP contribution in [0.15, 0.2) is 0 Å². The molecule has 0 bridgehead atoms. The monoisotopic (exact) mass is 248 g/mol. The van der Waals surface area contributed by atoms with Crippen molar-refractivity contribution in [1.29, 1.82) is 0 Å². The Bertz CT molecular complexity index is 438. The summed E-state index contributed by atoms with van der Waals surface area (Å²) in [5.74, 6) is 2.34. The first-order valence-electron chi connectivity index (χ1n) is 6.58. The van der Waals surface area contributed by atoms with E-state index in [1.807, 2.05) is 0 Å². The molecule has 3 heterocycles. The fourth-order valence-corrected chi connectivity index (χ4v) is 2.62. The van der Waals surface area contributed by atoms with Gasteiger partial charge in [-0.2, -0.15) is 9.97 Å². The number of nitrogens with two attached hydrogens (primary N) is 1. The van der Waals surface area contributed by atoms with Crippen molar-refractivity contribution in [1.82, 2.24) is 14.9 Å². The van der Waals surface area contributed by atoms with Gasteiger partial charge in [-0.15, -0.1) is 0 Å². The highest BCUT2D eigenvalue weighted by atomic mass is 15.3. The zero-order chi connectivity index (χ0) is 12.5. The van der Waals surface area contributed by atoms with Crippen LogP contribution < -0.4 is 16.0 Å². The first-order valence-corrected chi connectivity index (χ1v) is 6.58. The van der Waals surface area contributed by atoms with Crippen LogP contribution in [0.3, 0.4) is 0 Å². The minimum atomic E-state index is 0.372. The van der Waals surface area contributed by atoms with Gasteiger partial charge in [0.2, 0.25) is 5.95 Å². The fraction of sp³-hybridized carbons (Fsp3) is 0.667. The van der Waals surface area contributed by atoms with Crippen molar-refractivity contribution < 1.29 is 0 Å². The second-order valence-corrected chi connectivity index (χ2v) is 5.05. The number of nitrogens with one attached hydrogen (secondary N) is 1. The third-order valence-corrected chi connectivity index (χ3v) is 3.70. The number of nitrogen functional groups attached to an aromatic ring is 1. The summed E-state index contributed by atoms with van der Waals surface area (Å²) in [5, 5.41) is 3.32. The SMILES string of the molecule is CN1CCN(c2nc(N)nc3c2CCCN3)CC1. The molecular weight excluding hydrogens is 228 g/mol. The largest absolute Gasteiger partial charge is 0.370 e. The van der Waals surface area contributed by atoms with E-state index in [4.69, 9.17) is 5.73 Å². The van der Waals surface area contributed by atoms with E-state index in [2.05, 4.69) is 32.1 Å². The van der Waals surface area contributed by atoms with Crippen LogP contribution in [0.5, 0.6) is 0 Å². The van der Waals surface area contributed by atoms with E-state index in [1.54, 1.807) is 0 Å². The maximum atomic E-state index is 5.82. The molecule has 3 N–H and O–H groups in total. The first kappa shape index (κ1) is 11.5. The van der Waals surface area contributed by atoms with Crippen molar-refractivity contribution in [3.8, 4) is 0 Å². The molecule has 3 rings (SSSR count). The van der Waals surface area contributed by atoms with Gasteiger partial charge in [0.1, 0.15) is 11.6 Å². The zero-order valence-corrected chi connectivity index (χ0v) is 10.8. The number of nitrogens with zero attached hydrogens (tertiary/aromatic N) is 4. The van der Waals surface area contributed by atoms with Gasteiger partial charge in [-0.05, 0) is 19.9 Å². The number of aromatic nitrogens is 2. The van der Waals surface area contributed by atoms with Crippen molar-refractivity contribution in [2.24, 2.45) is 0 Å². The van der Waals surface area contributed by atoms with Crippen LogP contribution in [0.2, 0.25) is 0 Å². The second-order valence-electron chi connectivity index (χ2n) is 5.05. The van der Waals surface area contributed by atoms with Gasteiger partial charge in [-0.1, -0.05) is 0 Å². The fourth-order valence-electron chi connectivity index (χ4n) is 2.62. The summed E-state index contributed by atoms with van der Waals surface area (Å²) in [6, 6.07) is 0. The summed E-state index contributed by atoms with van der Waals surface area (Å²) in [6.45, 7) is 5.16. The zero-order valence-electron chi connectivity index (χ0n) is 10.8. The molecule has 0 aliphatic carbocycles. The minimum Gasteiger partial charge on any atom is -0.370 e. The summed E-state index contributed by atoms with van der Waals surface area (Å²) in [4.78, 5) is 13.4. The maximum Gasteiger partial charge on any atom is 0.223 e. The molecular formula is C12H20N6. The Morgan fingerprint density at radius 1 is 1.17 bits per heavy atom. The number of fused-ring (bicyclic) bond motifs is 1.